The van der Waals surface area contributed by atoms with Gasteiger partial charge in [0, 0.05) is 13.1 Å². The quantitative estimate of drug-likeness (QED) is 0.541. The molecule has 0 radical (unpaired) electrons. The van der Waals surface area contributed by atoms with Gasteiger partial charge in [-0.2, -0.15) is 8.78 Å². The molecule has 0 aromatic heterocycles. The smallest absolute Gasteiger partial charge is 0.387 e. The molecule has 1 aromatic carbocycles. The highest BCUT2D eigenvalue weighted by molar-refractivity contribution is 5.43. The molecule has 3 aliphatic carbocycles. The first kappa shape index (κ1) is 23.0. The molecule has 1 fully saturated rings. The first-order valence-corrected chi connectivity index (χ1v) is 10.5. The van der Waals surface area contributed by atoms with Crippen molar-refractivity contribution in [2.24, 2.45) is 17.3 Å². The van der Waals surface area contributed by atoms with E-state index in [0.717, 1.165) is 17.9 Å². The Hall–Kier alpha value is -1.70. The Morgan fingerprint density at radius 2 is 2.03 bits per heavy atom. The summed E-state index contributed by atoms with van der Waals surface area (Å²) in [6.07, 6.45) is 4.11. The van der Waals surface area contributed by atoms with Crippen molar-refractivity contribution in [1.29, 1.82) is 0 Å². The van der Waals surface area contributed by atoms with Gasteiger partial charge in [-0.15, -0.1) is 0 Å². The normalized spacial score (nSPS) is 23.2. The summed E-state index contributed by atoms with van der Waals surface area (Å²) < 4.78 is 40.3. The van der Waals surface area contributed by atoms with Crippen molar-refractivity contribution in [3.63, 3.8) is 0 Å². The molecule has 0 amide bonds. The van der Waals surface area contributed by atoms with Crippen LogP contribution in [0.4, 0.5) is 8.78 Å². The molecule has 1 saturated carbocycles. The molecule has 5 nitrogen and oxygen atoms in total. The molecule has 30 heavy (non-hydrogen) atoms. The summed E-state index contributed by atoms with van der Waals surface area (Å²) in [4.78, 5) is 1.95. The van der Waals surface area contributed by atoms with Crippen molar-refractivity contribution in [3.8, 4) is 11.5 Å². The molecule has 1 aromatic rings. The van der Waals surface area contributed by atoms with Crippen molar-refractivity contribution < 1.29 is 28.1 Å². The third-order valence-electron chi connectivity index (χ3n) is 6.58. The van der Waals surface area contributed by atoms with E-state index >= 15 is 0 Å². The van der Waals surface area contributed by atoms with E-state index in [1.807, 2.05) is 11.9 Å². The minimum atomic E-state index is -2.90. The molecule has 7 heteroatoms. The van der Waals surface area contributed by atoms with E-state index < -0.39 is 12.7 Å². The van der Waals surface area contributed by atoms with Gasteiger partial charge in [0.2, 0.25) is 0 Å². The number of likely N-dealkylation sites (N-methyl/N-ethyl adjacent to an activating group) is 1. The maximum Gasteiger partial charge on any atom is 0.387 e. The molecule has 3 aliphatic rings. The molecule has 0 unspecified atom stereocenters. The van der Waals surface area contributed by atoms with Gasteiger partial charge in [0.1, 0.15) is 0 Å². The molecule has 0 saturated heterocycles. The second-order valence-corrected chi connectivity index (χ2v) is 9.05. The van der Waals surface area contributed by atoms with Gasteiger partial charge in [-0.05, 0) is 60.4 Å². The van der Waals surface area contributed by atoms with Crippen LogP contribution in [-0.2, 0) is 11.3 Å². The number of hydrogen-bond acceptors (Lipinski definition) is 5. The number of ether oxygens (including phenoxy) is 3. The second-order valence-electron chi connectivity index (χ2n) is 9.05. The van der Waals surface area contributed by atoms with Crippen LogP contribution in [0.3, 0.4) is 0 Å². The summed E-state index contributed by atoms with van der Waals surface area (Å²) in [7, 11) is 3.30. The van der Waals surface area contributed by atoms with Crippen LogP contribution in [0.2, 0.25) is 0 Å². The molecule has 3 atom stereocenters. The Kier molecular flexibility index (Phi) is 7.37. The number of halogens is 2. The Bertz CT molecular complexity index is 753. The van der Waals surface area contributed by atoms with E-state index in [9.17, 15) is 13.9 Å². The van der Waals surface area contributed by atoms with Crippen molar-refractivity contribution in [2.75, 3.05) is 33.9 Å². The summed E-state index contributed by atoms with van der Waals surface area (Å²) >= 11 is 0. The number of methoxy groups -OCH3 is 1. The predicted molar refractivity (Wildman–Crippen MR) is 111 cm³/mol. The van der Waals surface area contributed by atoms with E-state index in [1.54, 1.807) is 12.1 Å². The lowest BCUT2D eigenvalue weighted by molar-refractivity contribution is -0.0512. The highest BCUT2D eigenvalue weighted by atomic mass is 19.3. The molecule has 1 N–H and O–H groups in total. The average molecular weight is 426 g/mol. The molecule has 0 heterocycles. The lowest BCUT2D eigenvalue weighted by Crippen LogP contribution is -2.48. The number of alkyl halides is 2. The average Bonchev–Trinajstić information content (AvgIpc) is 2.68. The van der Waals surface area contributed by atoms with Crippen LogP contribution < -0.4 is 9.47 Å². The topological polar surface area (TPSA) is 51.2 Å². The number of rotatable bonds is 11. The third kappa shape index (κ3) is 5.31. The van der Waals surface area contributed by atoms with Crippen LogP contribution in [0.15, 0.2) is 29.8 Å². The van der Waals surface area contributed by atoms with Crippen LogP contribution in [0, 0.1) is 17.3 Å². The van der Waals surface area contributed by atoms with E-state index in [2.05, 4.69) is 24.7 Å². The minimum absolute atomic E-state index is 0.00492. The molecule has 0 aliphatic heterocycles. The largest absolute Gasteiger partial charge is 0.493 e. The summed E-state index contributed by atoms with van der Waals surface area (Å²) in [6, 6.07) is 4.85. The van der Waals surface area contributed by atoms with Crippen molar-refractivity contribution in [3.05, 3.63) is 35.4 Å². The van der Waals surface area contributed by atoms with Crippen LogP contribution >= 0.6 is 0 Å². The second kappa shape index (κ2) is 9.62. The maximum atomic E-state index is 12.4. The number of nitrogens with zero attached hydrogens (tertiary/aromatic N) is 1. The monoisotopic (exact) mass is 425 g/mol. The zero-order valence-electron chi connectivity index (χ0n) is 18.2. The van der Waals surface area contributed by atoms with E-state index in [-0.39, 0.29) is 18.1 Å². The minimum Gasteiger partial charge on any atom is -0.493 e. The van der Waals surface area contributed by atoms with Gasteiger partial charge in [0.05, 0.1) is 26.4 Å². The Labute approximate surface area is 177 Å². The standard InChI is InChI=1S/C23H33F2NO4/c1-23(2)17-7-6-16(19(23)10-17)13-29-14-18(27)12-26(3)11-15-5-8-20(30-22(24)25)21(9-15)28-4/h5-6,8-9,17-19,22,27H,7,10-14H2,1-4H3/t17-,18-,19+/m1/s1. The zero-order chi connectivity index (χ0) is 21.9. The molecule has 168 valence electrons. The van der Waals surface area contributed by atoms with Crippen molar-refractivity contribution in [1.82, 2.24) is 4.90 Å². The lowest BCUT2D eigenvalue weighted by Gasteiger charge is -2.56. The number of aliphatic hydroxyl groups excluding tert-OH is 1. The number of allylic oxidation sites excluding steroid dienone is 1. The summed E-state index contributed by atoms with van der Waals surface area (Å²) in [5, 5.41) is 10.3. The fourth-order valence-electron chi connectivity index (χ4n) is 4.75. The van der Waals surface area contributed by atoms with Gasteiger partial charge < -0.3 is 19.3 Å². The van der Waals surface area contributed by atoms with Gasteiger partial charge in [-0.25, -0.2) is 0 Å². The van der Waals surface area contributed by atoms with Gasteiger partial charge in [-0.3, -0.25) is 4.90 Å². The fourth-order valence-corrected chi connectivity index (χ4v) is 4.75. The molecule has 2 bridgehead atoms. The molecule has 0 spiro atoms. The van der Waals surface area contributed by atoms with Gasteiger partial charge in [0.25, 0.3) is 0 Å². The molecular formula is C23H33F2NO4. The Morgan fingerprint density at radius 3 is 2.67 bits per heavy atom. The zero-order valence-corrected chi connectivity index (χ0v) is 18.2. The highest BCUT2D eigenvalue weighted by Gasteiger charge is 2.50. The van der Waals surface area contributed by atoms with E-state index in [4.69, 9.17) is 9.47 Å². The SMILES string of the molecule is COc1cc(CN(C)C[C@@H](O)COCC2=CC[C@@H]3C[C@@H]2C3(C)C)ccc1OC(F)F. The van der Waals surface area contributed by atoms with Crippen LogP contribution in [0.25, 0.3) is 0 Å². The molecule has 4 rings (SSSR count). The third-order valence-corrected chi connectivity index (χ3v) is 6.58. The van der Waals surface area contributed by atoms with Crippen molar-refractivity contribution >= 4 is 0 Å². The number of fused-ring (bicyclic) bond motifs is 1. The van der Waals surface area contributed by atoms with E-state index in [0.29, 0.717) is 31.0 Å². The van der Waals surface area contributed by atoms with Crippen LogP contribution in [-0.4, -0.2) is 56.6 Å². The fraction of sp³-hybridized carbons (Fsp3) is 0.652. The van der Waals surface area contributed by atoms with Gasteiger partial charge in [-0.1, -0.05) is 26.0 Å². The van der Waals surface area contributed by atoms with E-state index in [1.165, 1.54) is 25.2 Å². The van der Waals surface area contributed by atoms with Crippen molar-refractivity contribution in [2.45, 2.75) is 45.9 Å². The van der Waals surface area contributed by atoms with Gasteiger partial charge in [0.15, 0.2) is 11.5 Å². The maximum absolute atomic E-state index is 12.4. The summed E-state index contributed by atoms with van der Waals surface area (Å²) in [5.41, 5.74) is 2.63. The lowest BCUT2D eigenvalue weighted by atomic mass is 9.49. The number of aliphatic hydroxyl groups is 1. The van der Waals surface area contributed by atoms with Crippen LogP contribution in [0.1, 0.15) is 32.3 Å². The Balaban J connectivity index is 1.42. The number of benzene rings is 1. The van der Waals surface area contributed by atoms with Crippen LogP contribution in [0.5, 0.6) is 11.5 Å². The summed E-state index contributed by atoms with van der Waals surface area (Å²) in [6.45, 7) is 3.61. The molecular weight excluding hydrogens is 392 g/mol. The Morgan fingerprint density at radius 1 is 1.27 bits per heavy atom. The number of hydrogen-bond donors (Lipinski definition) is 1. The van der Waals surface area contributed by atoms with Gasteiger partial charge >= 0.3 is 6.61 Å². The summed E-state index contributed by atoms with van der Waals surface area (Å²) in [5.74, 6) is 1.68. The first-order chi connectivity index (χ1) is 14.2. The first-order valence-electron chi connectivity index (χ1n) is 10.5. The highest BCUT2D eigenvalue weighted by Crippen LogP contribution is 2.59. The predicted octanol–water partition coefficient (Wildman–Crippen LogP) is 4.10.